The van der Waals surface area contributed by atoms with Crippen LogP contribution in [0.2, 0.25) is 0 Å². The Balaban J connectivity index is 2.04. The van der Waals surface area contributed by atoms with Gasteiger partial charge >= 0.3 is 0 Å². The molecule has 0 aliphatic heterocycles. The summed E-state index contributed by atoms with van der Waals surface area (Å²) in [6.45, 7) is 0.920. The van der Waals surface area contributed by atoms with Gasteiger partial charge in [0.15, 0.2) is 0 Å². The van der Waals surface area contributed by atoms with Crippen LogP contribution in [0.5, 0.6) is 0 Å². The van der Waals surface area contributed by atoms with Crippen LogP contribution in [0.3, 0.4) is 0 Å². The van der Waals surface area contributed by atoms with E-state index in [1.54, 1.807) is 19.2 Å². The smallest absolute Gasteiger partial charge is 0.251 e. The minimum absolute atomic E-state index is 0.0375. The zero-order valence-corrected chi connectivity index (χ0v) is 12.6. The van der Waals surface area contributed by atoms with Gasteiger partial charge in [0.25, 0.3) is 5.91 Å². The van der Waals surface area contributed by atoms with Crippen LogP contribution < -0.4 is 16.4 Å². The molecule has 21 heavy (non-hydrogen) atoms. The van der Waals surface area contributed by atoms with Gasteiger partial charge in [-0.15, -0.1) is 0 Å². The molecule has 116 valence electrons. The zero-order chi connectivity index (χ0) is 15.3. The van der Waals surface area contributed by atoms with Crippen LogP contribution in [-0.4, -0.2) is 31.2 Å². The number of anilines is 2. The van der Waals surface area contributed by atoms with E-state index in [1.165, 1.54) is 19.3 Å². The SMILES string of the molecule is CNC(=O)c1ccc(NCC2(CO)CCCCC2)c(N)c1. The van der Waals surface area contributed by atoms with Crippen LogP contribution in [0.1, 0.15) is 42.5 Å². The second kappa shape index (κ2) is 6.80. The van der Waals surface area contributed by atoms with Gasteiger partial charge in [-0.25, -0.2) is 0 Å². The number of aliphatic hydroxyl groups is 1. The third kappa shape index (κ3) is 3.67. The van der Waals surface area contributed by atoms with Gasteiger partial charge in [-0.2, -0.15) is 0 Å². The highest BCUT2D eigenvalue weighted by atomic mass is 16.3. The van der Waals surface area contributed by atoms with E-state index in [-0.39, 0.29) is 17.9 Å². The number of amides is 1. The second-order valence-corrected chi connectivity index (χ2v) is 5.95. The molecule has 1 aromatic carbocycles. The summed E-state index contributed by atoms with van der Waals surface area (Å²) in [6.07, 6.45) is 5.70. The Hall–Kier alpha value is -1.75. The first kappa shape index (κ1) is 15.6. The highest BCUT2D eigenvalue weighted by Crippen LogP contribution is 2.36. The van der Waals surface area contributed by atoms with Crippen molar-refractivity contribution in [1.29, 1.82) is 0 Å². The average molecular weight is 291 g/mol. The van der Waals surface area contributed by atoms with Crippen molar-refractivity contribution in [1.82, 2.24) is 5.32 Å². The number of carbonyl (C=O) groups is 1. The van der Waals surface area contributed by atoms with E-state index in [0.29, 0.717) is 17.8 Å². The van der Waals surface area contributed by atoms with Gasteiger partial charge in [0.1, 0.15) is 0 Å². The van der Waals surface area contributed by atoms with E-state index < -0.39 is 0 Å². The monoisotopic (exact) mass is 291 g/mol. The Labute approximate surface area is 125 Å². The molecular weight excluding hydrogens is 266 g/mol. The molecule has 5 nitrogen and oxygen atoms in total. The highest BCUT2D eigenvalue weighted by Gasteiger charge is 2.31. The molecule has 1 aliphatic carbocycles. The van der Waals surface area contributed by atoms with Crippen LogP contribution in [0.4, 0.5) is 11.4 Å². The third-order valence-electron chi connectivity index (χ3n) is 4.44. The first-order chi connectivity index (χ1) is 10.1. The number of nitrogens with two attached hydrogens (primary N) is 1. The van der Waals surface area contributed by atoms with Crippen LogP contribution >= 0.6 is 0 Å². The summed E-state index contributed by atoms with van der Waals surface area (Å²) < 4.78 is 0. The Kier molecular flexibility index (Phi) is 5.07. The first-order valence-electron chi connectivity index (χ1n) is 7.56. The van der Waals surface area contributed by atoms with E-state index in [4.69, 9.17) is 5.73 Å². The fourth-order valence-corrected chi connectivity index (χ4v) is 2.98. The molecule has 0 spiro atoms. The molecule has 0 bridgehead atoms. The number of nitrogen functional groups attached to an aromatic ring is 1. The number of benzene rings is 1. The number of hydrogen-bond acceptors (Lipinski definition) is 4. The molecule has 5 heteroatoms. The lowest BCUT2D eigenvalue weighted by Crippen LogP contribution is -2.35. The molecule has 0 atom stereocenters. The molecule has 1 fully saturated rings. The molecular formula is C16H25N3O2. The molecule has 1 aromatic rings. The van der Waals surface area contributed by atoms with Crippen molar-refractivity contribution < 1.29 is 9.90 Å². The highest BCUT2D eigenvalue weighted by molar-refractivity contribution is 5.95. The van der Waals surface area contributed by atoms with Crippen LogP contribution in [0.15, 0.2) is 18.2 Å². The van der Waals surface area contributed by atoms with E-state index in [1.807, 2.05) is 6.07 Å². The molecule has 2 rings (SSSR count). The Morgan fingerprint density at radius 1 is 1.33 bits per heavy atom. The van der Waals surface area contributed by atoms with E-state index in [2.05, 4.69) is 10.6 Å². The largest absolute Gasteiger partial charge is 0.397 e. The molecule has 1 amide bonds. The maximum absolute atomic E-state index is 11.6. The number of aliphatic hydroxyl groups excluding tert-OH is 1. The molecule has 1 saturated carbocycles. The number of nitrogens with one attached hydrogen (secondary N) is 2. The molecule has 0 aromatic heterocycles. The topological polar surface area (TPSA) is 87.4 Å². The van der Waals surface area contributed by atoms with Crippen molar-refractivity contribution in [3.05, 3.63) is 23.8 Å². The van der Waals surface area contributed by atoms with Crippen molar-refractivity contribution in [3.63, 3.8) is 0 Å². The number of carbonyl (C=O) groups excluding carboxylic acids is 1. The quantitative estimate of drug-likeness (QED) is 0.625. The van der Waals surface area contributed by atoms with Gasteiger partial charge in [-0.3, -0.25) is 4.79 Å². The van der Waals surface area contributed by atoms with Crippen molar-refractivity contribution >= 4 is 17.3 Å². The van der Waals surface area contributed by atoms with Gasteiger partial charge in [0.2, 0.25) is 0 Å². The fourth-order valence-electron chi connectivity index (χ4n) is 2.98. The lowest BCUT2D eigenvalue weighted by molar-refractivity contribution is 0.0944. The maximum Gasteiger partial charge on any atom is 0.251 e. The van der Waals surface area contributed by atoms with Crippen molar-refractivity contribution in [2.45, 2.75) is 32.1 Å². The summed E-state index contributed by atoms with van der Waals surface area (Å²) in [5, 5.41) is 15.6. The molecule has 5 N–H and O–H groups in total. The van der Waals surface area contributed by atoms with Gasteiger partial charge in [0.05, 0.1) is 18.0 Å². The minimum Gasteiger partial charge on any atom is -0.397 e. The molecule has 0 radical (unpaired) electrons. The van der Waals surface area contributed by atoms with Crippen LogP contribution in [-0.2, 0) is 0 Å². The summed E-state index contributed by atoms with van der Waals surface area (Å²) in [7, 11) is 1.60. The predicted molar refractivity (Wildman–Crippen MR) is 85.3 cm³/mol. The van der Waals surface area contributed by atoms with Crippen molar-refractivity contribution in [2.24, 2.45) is 5.41 Å². The van der Waals surface area contributed by atoms with E-state index >= 15 is 0 Å². The molecule has 0 saturated heterocycles. The lowest BCUT2D eigenvalue weighted by Gasteiger charge is -2.36. The summed E-state index contributed by atoms with van der Waals surface area (Å²) in [4.78, 5) is 11.6. The Morgan fingerprint density at radius 2 is 2.05 bits per heavy atom. The standard InChI is InChI=1S/C16H25N3O2/c1-18-15(21)12-5-6-14(13(17)9-12)19-10-16(11-20)7-3-2-4-8-16/h5-6,9,19-20H,2-4,7-8,10-11,17H2,1H3,(H,18,21). The van der Waals surface area contributed by atoms with Gasteiger partial charge in [-0.05, 0) is 31.0 Å². The summed E-state index contributed by atoms with van der Waals surface area (Å²) in [6, 6.07) is 5.26. The normalized spacial score (nSPS) is 17.2. The lowest BCUT2D eigenvalue weighted by atomic mass is 9.74. The van der Waals surface area contributed by atoms with E-state index in [0.717, 1.165) is 18.5 Å². The molecule has 1 aliphatic rings. The molecule has 0 heterocycles. The second-order valence-electron chi connectivity index (χ2n) is 5.95. The molecule has 0 unspecified atom stereocenters. The fraction of sp³-hybridized carbons (Fsp3) is 0.562. The summed E-state index contributed by atoms with van der Waals surface area (Å²) >= 11 is 0. The maximum atomic E-state index is 11.6. The van der Waals surface area contributed by atoms with Gasteiger partial charge in [0, 0.05) is 24.6 Å². The van der Waals surface area contributed by atoms with Gasteiger partial charge < -0.3 is 21.5 Å². The average Bonchev–Trinajstić information content (AvgIpc) is 2.53. The zero-order valence-electron chi connectivity index (χ0n) is 12.6. The summed E-state index contributed by atoms with van der Waals surface area (Å²) in [5.41, 5.74) is 7.90. The minimum atomic E-state index is -0.146. The van der Waals surface area contributed by atoms with Crippen LogP contribution in [0.25, 0.3) is 0 Å². The summed E-state index contributed by atoms with van der Waals surface area (Å²) in [5.74, 6) is -0.146. The van der Waals surface area contributed by atoms with Crippen molar-refractivity contribution in [2.75, 3.05) is 31.2 Å². The third-order valence-corrected chi connectivity index (χ3v) is 4.44. The Bertz CT molecular complexity index is 496. The van der Waals surface area contributed by atoms with Crippen LogP contribution in [0, 0.1) is 5.41 Å². The van der Waals surface area contributed by atoms with E-state index in [9.17, 15) is 9.90 Å². The number of hydrogen-bond donors (Lipinski definition) is 4. The predicted octanol–water partition coefficient (Wildman–Crippen LogP) is 1.98. The Morgan fingerprint density at radius 3 is 2.62 bits per heavy atom. The number of rotatable bonds is 5. The first-order valence-corrected chi connectivity index (χ1v) is 7.56. The van der Waals surface area contributed by atoms with Crippen molar-refractivity contribution in [3.8, 4) is 0 Å². The van der Waals surface area contributed by atoms with Gasteiger partial charge in [-0.1, -0.05) is 19.3 Å².